The van der Waals surface area contributed by atoms with Gasteiger partial charge < -0.3 is 5.32 Å². The van der Waals surface area contributed by atoms with E-state index < -0.39 is 10.0 Å². The van der Waals surface area contributed by atoms with Gasteiger partial charge in [0.05, 0.1) is 10.6 Å². The van der Waals surface area contributed by atoms with Crippen LogP contribution in [0.3, 0.4) is 0 Å². The summed E-state index contributed by atoms with van der Waals surface area (Å²) < 4.78 is 30.2. The first kappa shape index (κ1) is 21.5. The number of amides is 1. The predicted octanol–water partition coefficient (Wildman–Crippen LogP) is 3.12. The van der Waals surface area contributed by atoms with E-state index in [0.717, 1.165) is 17.0 Å². The maximum Gasteiger partial charge on any atom is 0.261 e. The van der Waals surface area contributed by atoms with Crippen molar-refractivity contribution in [1.82, 2.24) is 19.9 Å². The second-order valence-corrected chi connectivity index (χ2v) is 9.13. The third kappa shape index (κ3) is 4.47. The molecule has 1 amide bonds. The summed E-state index contributed by atoms with van der Waals surface area (Å²) in [4.78, 5) is 12.8. The summed E-state index contributed by atoms with van der Waals surface area (Å²) >= 11 is 0. The van der Waals surface area contributed by atoms with Crippen molar-refractivity contribution in [3.63, 3.8) is 0 Å². The molecular weight excluding hydrogens is 426 g/mol. The van der Waals surface area contributed by atoms with Crippen LogP contribution >= 0.6 is 0 Å². The number of anilines is 1. The maximum atomic E-state index is 12.9. The Bertz CT molecular complexity index is 1400. The largest absolute Gasteiger partial charge is 0.352 e. The standard InChI is InChI=1S/C23H23N5O3S/c1-16-10-11-18(32(30,31)27-20-8-4-3-7-17(20)2)15-19(16)23(29)24-13-12-22-26-25-21-9-5-6-14-28(21)22/h3-11,14-15,27H,12-13H2,1-2H3,(H,24,29). The average Bonchev–Trinajstić information content (AvgIpc) is 3.18. The second kappa shape index (κ2) is 8.80. The molecule has 2 N–H and O–H groups in total. The summed E-state index contributed by atoms with van der Waals surface area (Å²) in [6.07, 6.45) is 2.36. The second-order valence-electron chi connectivity index (χ2n) is 7.45. The van der Waals surface area contributed by atoms with E-state index in [4.69, 9.17) is 0 Å². The van der Waals surface area contributed by atoms with Crippen LogP contribution < -0.4 is 10.0 Å². The number of carbonyl (C=O) groups is 1. The summed E-state index contributed by atoms with van der Waals surface area (Å²) in [5, 5.41) is 11.1. The summed E-state index contributed by atoms with van der Waals surface area (Å²) in [5.74, 6) is 0.389. The summed E-state index contributed by atoms with van der Waals surface area (Å²) in [7, 11) is -3.84. The summed E-state index contributed by atoms with van der Waals surface area (Å²) in [5.41, 5.74) is 3.04. The highest BCUT2D eigenvalue weighted by Gasteiger charge is 2.19. The van der Waals surface area contributed by atoms with E-state index in [9.17, 15) is 13.2 Å². The van der Waals surface area contributed by atoms with E-state index in [-0.39, 0.29) is 10.8 Å². The van der Waals surface area contributed by atoms with Gasteiger partial charge >= 0.3 is 0 Å². The molecular formula is C23H23N5O3S. The molecule has 4 rings (SSSR count). The van der Waals surface area contributed by atoms with Crippen molar-refractivity contribution < 1.29 is 13.2 Å². The minimum Gasteiger partial charge on any atom is -0.352 e. The highest BCUT2D eigenvalue weighted by Crippen LogP contribution is 2.21. The van der Waals surface area contributed by atoms with Crippen LogP contribution in [0.25, 0.3) is 5.65 Å². The summed E-state index contributed by atoms with van der Waals surface area (Å²) in [6, 6.07) is 17.3. The van der Waals surface area contributed by atoms with Gasteiger partial charge in [0.1, 0.15) is 5.82 Å². The number of benzene rings is 2. The Labute approximate surface area is 186 Å². The first-order chi connectivity index (χ1) is 15.3. The molecule has 0 saturated carbocycles. The van der Waals surface area contributed by atoms with Gasteiger partial charge in [-0.05, 0) is 55.3 Å². The molecule has 2 aromatic heterocycles. The van der Waals surface area contributed by atoms with Gasteiger partial charge in [0, 0.05) is 24.7 Å². The number of rotatable bonds is 7. The Morgan fingerprint density at radius 3 is 2.56 bits per heavy atom. The summed E-state index contributed by atoms with van der Waals surface area (Å²) in [6.45, 7) is 3.93. The van der Waals surface area contributed by atoms with Gasteiger partial charge in [-0.1, -0.05) is 30.3 Å². The lowest BCUT2D eigenvalue weighted by Gasteiger charge is -2.13. The molecule has 2 heterocycles. The Balaban J connectivity index is 1.48. The van der Waals surface area contributed by atoms with Crippen molar-refractivity contribution in [3.05, 3.63) is 89.4 Å². The number of carbonyl (C=O) groups excluding carboxylic acids is 1. The number of aryl methyl sites for hydroxylation is 2. The molecule has 0 aliphatic rings. The fraction of sp³-hybridized carbons (Fsp3) is 0.174. The zero-order chi connectivity index (χ0) is 22.7. The fourth-order valence-electron chi connectivity index (χ4n) is 3.35. The van der Waals surface area contributed by atoms with Crippen LogP contribution in [0.1, 0.15) is 27.3 Å². The van der Waals surface area contributed by atoms with Gasteiger partial charge in [-0.25, -0.2) is 8.42 Å². The Morgan fingerprint density at radius 2 is 1.75 bits per heavy atom. The first-order valence-electron chi connectivity index (χ1n) is 10.1. The number of para-hydroxylation sites is 1. The Hall–Kier alpha value is -3.72. The van der Waals surface area contributed by atoms with Crippen molar-refractivity contribution in [1.29, 1.82) is 0 Å². The monoisotopic (exact) mass is 449 g/mol. The van der Waals surface area contributed by atoms with E-state index in [1.807, 2.05) is 47.9 Å². The van der Waals surface area contributed by atoms with Gasteiger partial charge in [-0.3, -0.25) is 13.9 Å². The Morgan fingerprint density at radius 1 is 0.969 bits per heavy atom. The first-order valence-corrected chi connectivity index (χ1v) is 11.6. The van der Waals surface area contributed by atoms with Crippen LogP contribution in [0.4, 0.5) is 5.69 Å². The SMILES string of the molecule is Cc1ccccc1NS(=O)(=O)c1ccc(C)c(C(=O)NCCc2nnc3ccccn23)c1. The van der Waals surface area contributed by atoms with Crippen molar-refractivity contribution >= 4 is 27.3 Å². The van der Waals surface area contributed by atoms with Gasteiger partial charge in [0.2, 0.25) is 0 Å². The molecule has 32 heavy (non-hydrogen) atoms. The maximum absolute atomic E-state index is 12.9. The lowest BCUT2D eigenvalue weighted by Crippen LogP contribution is -2.27. The van der Waals surface area contributed by atoms with Crippen molar-refractivity contribution in [2.45, 2.75) is 25.2 Å². The van der Waals surface area contributed by atoms with Gasteiger partial charge in [0.25, 0.3) is 15.9 Å². The van der Waals surface area contributed by atoms with Crippen LogP contribution in [-0.2, 0) is 16.4 Å². The number of fused-ring (bicyclic) bond motifs is 1. The van der Waals surface area contributed by atoms with E-state index >= 15 is 0 Å². The minimum absolute atomic E-state index is 0.0277. The van der Waals surface area contributed by atoms with E-state index in [2.05, 4.69) is 20.2 Å². The molecule has 0 aliphatic carbocycles. The highest BCUT2D eigenvalue weighted by atomic mass is 32.2. The molecule has 0 aliphatic heterocycles. The number of sulfonamides is 1. The normalized spacial score (nSPS) is 11.4. The lowest BCUT2D eigenvalue weighted by molar-refractivity contribution is 0.0953. The third-order valence-electron chi connectivity index (χ3n) is 5.17. The quantitative estimate of drug-likeness (QED) is 0.451. The van der Waals surface area contributed by atoms with Gasteiger partial charge in [-0.2, -0.15) is 0 Å². The Kier molecular flexibility index (Phi) is 5.91. The number of aromatic nitrogens is 3. The zero-order valence-electron chi connectivity index (χ0n) is 17.7. The van der Waals surface area contributed by atoms with Crippen LogP contribution in [0.15, 0.2) is 71.8 Å². The topological polar surface area (TPSA) is 105 Å². The predicted molar refractivity (Wildman–Crippen MR) is 122 cm³/mol. The molecule has 164 valence electrons. The molecule has 0 saturated heterocycles. The fourth-order valence-corrected chi connectivity index (χ4v) is 4.51. The van der Waals surface area contributed by atoms with E-state index in [0.29, 0.717) is 29.8 Å². The molecule has 0 atom stereocenters. The van der Waals surface area contributed by atoms with Gasteiger partial charge in [0.15, 0.2) is 5.65 Å². The molecule has 0 spiro atoms. The highest BCUT2D eigenvalue weighted by molar-refractivity contribution is 7.92. The molecule has 2 aromatic carbocycles. The van der Waals surface area contributed by atoms with Crippen LogP contribution in [0.5, 0.6) is 0 Å². The van der Waals surface area contributed by atoms with Crippen molar-refractivity contribution in [2.75, 3.05) is 11.3 Å². The smallest absolute Gasteiger partial charge is 0.261 e. The molecule has 0 unspecified atom stereocenters. The molecule has 0 bridgehead atoms. The van der Waals surface area contributed by atoms with Crippen LogP contribution in [0, 0.1) is 13.8 Å². The zero-order valence-corrected chi connectivity index (χ0v) is 18.6. The number of nitrogens with one attached hydrogen (secondary N) is 2. The number of hydrogen-bond donors (Lipinski definition) is 2. The number of nitrogens with zero attached hydrogens (tertiary/aromatic N) is 3. The number of pyridine rings is 1. The van der Waals surface area contributed by atoms with Crippen molar-refractivity contribution in [2.24, 2.45) is 0 Å². The van der Waals surface area contributed by atoms with Crippen LogP contribution in [0.2, 0.25) is 0 Å². The molecule has 4 aromatic rings. The molecule has 0 radical (unpaired) electrons. The van der Waals surface area contributed by atoms with Gasteiger partial charge in [-0.15, -0.1) is 10.2 Å². The third-order valence-corrected chi connectivity index (χ3v) is 6.54. The minimum atomic E-state index is -3.84. The van der Waals surface area contributed by atoms with Crippen LogP contribution in [-0.4, -0.2) is 35.5 Å². The molecule has 9 heteroatoms. The molecule has 8 nitrogen and oxygen atoms in total. The van der Waals surface area contributed by atoms with E-state index in [1.54, 1.807) is 25.1 Å². The lowest BCUT2D eigenvalue weighted by atomic mass is 10.1. The van der Waals surface area contributed by atoms with Crippen molar-refractivity contribution in [3.8, 4) is 0 Å². The average molecular weight is 450 g/mol. The van der Waals surface area contributed by atoms with E-state index in [1.165, 1.54) is 12.1 Å². The molecule has 0 fully saturated rings. The number of hydrogen-bond acceptors (Lipinski definition) is 5.